The van der Waals surface area contributed by atoms with Gasteiger partial charge in [-0.1, -0.05) is 60.7 Å². The standard InChI is InChI=1S/C22H24N2O/c23-14-11-18-12-15-24(16-13-18)22(25)17-21(19-7-3-1-4-8-19)20-9-5-2-6-10-20/h1-10,18,21H,11-13,15-17H2. The summed E-state index contributed by atoms with van der Waals surface area (Å²) in [5.74, 6) is 0.757. The fraction of sp³-hybridized carbons (Fsp3) is 0.364. The van der Waals surface area contributed by atoms with Crippen LogP contribution >= 0.6 is 0 Å². The van der Waals surface area contributed by atoms with Gasteiger partial charge in [-0.15, -0.1) is 0 Å². The Morgan fingerprint density at radius 1 is 1.00 bits per heavy atom. The van der Waals surface area contributed by atoms with Gasteiger partial charge >= 0.3 is 0 Å². The molecule has 128 valence electrons. The highest BCUT2D eigenvalue weighted by atomic mass is 16.2. The van der Waals surface area contributed by atoms with E-state index in [0.29, 0.717) is 18.8 Å². The van der Waals surface area contributed by atoms with Crippen LogP contribution in [0.2, 0.25) is 0 Å². The van der Waals surface area contributed by atoms with E-state index >= 15 is 0 Å². The van der Waals surface area contributed by atoms with Crippen LogP contribution in [0, 0.1) is 17.2 Å². The van der Waals surface area contributed by atoms with Crippen molar-refractivity contribution < 1.29 is 4.79 Å². The van der Waals surface area contributed by atoms with E-state index in [9.17, 15) is 4.79 Å². The molecule has 1 saturated heterocycles. The maximum absolute atomic E-state index is 12.9. The summed E-state index contributed by atoms with van der Waals surface area (Å²) in [5.41, 5.74) is 2.36. The molecule has 0 bridgehead atoms. The lowest BCUT2D eigenvalue weighted by molar-refractivity contribution is -0.132. The SMILES string of the molecule is N#CCC1CCN(C(=O)CC(c2ccccc2)c2ccccc2)CC1. The Balaban J connectivity index is 1.71. The van der Waals surface area contributed by atoms with E-state index < -0.39 is 0 Å². The van der Waals surface area contributed by atoms with Crippen molar-refractivity contribution in [2.24, 2.45) is 5.92 Å². The number of piperidine rings is 1. The molecule has 0 aliphatic carbocycles. The molecule has 0 radical (unpaired) electrons. The molecule has 2 aromatic rings. The zero-order valence-electron chi connectivity index (χ0n) is 14.5. The van der Waals surface area contributed by atoms with Crippen molar-refractivity contribution in [2.45, 2.75) is 31.6 Å². The molecule has 1 aliphatic heterocycles. The first-order valence-corrected chi connectivity index (χ1v) is 9.02. The van der Waals surface area contributed by atoms with Gasteiger partial charge in [0, 0.05) is 31.8 Å². The number of nitriles is 1. The number of carbonyl (C=O) groups is 1. The summed E-state index contributed by atoms with van der Waals surface area (Å²) in [7, 11) is 0. The van der Waals surface area contributed by atoms with E-state index in [1.165, 1.54) is 11.1 Å². The lowest BCUT2D eigenvalue weighted by Crippen LogP contribution is -2.39. The number of rotatable bonds is 5. The Bertz CT molecular complexity index is 673. The Morgan fingerprint density at radius 2 is 1.52 bits per heavy atom. The van der Waals surface area contributed by atoms with E-state index in [4.69, 9.17) is 5.26 Å². The molecule has 0 unspecified atom stereocenters. The van der Waals surface area contributed by atoms with E-state index in [1.807, 2.05) is 41.3 Å². The van der Waals surface area contributed by atoms with Crippen LogP contribution in [0.5, 0.6) is 0 Å². The Hall–Kier alpha value is -2.60. The largest absolute Gasteiger partial charge is 0.343 e. The molecule has 3 heteroatoms. The van der Waals surface area contributed by atoms with E-state index in [1.54, 1.807) is 0 Å². The molecule has 0 atom stereocenters. The molecule has 1 aliphatic rings. The Morgan fingerprint density at radius 3 is 2.00 bits per heavy atom. The zero-order chi connectivity index (χ0) is 17.5. The van der Waals surface area contributed by atoms with E-state index in [-0.39, 0.29) is 11.8 Å². The van der Waals surface area contributed by atoms with Crippen LogP contribution in [-0.2, 0) is 4.79 Å². The average molecular weight is 332 g/mol. The molecule has 1 fully saturated rings. The highest BCUT2D eigenvalue weighted by Gasteiger charge is 2.25. The van der Waals surface area contributed by atoms with Crippen molar-refractivity contribution in [3.63, 3.8) is 0 Å². The quantitative estimate of drug-likeness (QED) is 0.816. The van der Waals surface area contributed by atoms with Gasteiger partial charge in [0.2, 0.25) is 5.91 Å². The Labute approximate surface area is 149 Å². The molecule has 25 heavy (non-hydrogen) atoms. The van der Waals surface area contributed by atoms with Gasteiger partial charge < -0.3 is 4.90 Å². The molecule has 0 saturated carbocycles. The van der Waals surface area contributed by atoms with Crippen molar-refractivity contribution in [3.05, 3.63) is 71.8 Å². The van der Waals surface area contributed by atoms with E-state index in [0.717, 1.165) is 25.9 Å². The molecule has 3 rings (SSSR count). The molecular formula is C22H24N2O. The first-order valence-electron chi connectivity index (χ1n) is 9.02. The number of benzene rings is 2. The minimum Gasteiger partial charge on any atom is -0.343 e. The molecule has 1 amide bonds. The van der Waals surface area contributed by atoms with Gasteiger partial charge in [-0.2, -0.15) is 5.26 Å². The number of likely N-dealkylation sites (tertiary alicyclic amines) is 1. The third-order valence-electron chi connectivity index (χ3n) is 5.13. The second-order valence-electron chi connectivity index (χ2n) is 6.76. The average Bonchev–Trinajstić information content (AvgIpc) is 2.68. The summed E-state index contributed by atoms with van der Waals surface area (Å²) in [6.07, 6.45) is 3.00. The summed E-state index contributed by atoms with van der Waals surface area (Å²) in [5, 5.41) is 8.83. The van der Waals surface area contributed by atoms with Gasteiger partial charge in [0.25, 0.3) is 0 Å². The first kappa shape index (κ1) is 17.2. The highest BCUT2D eigenvalue weighted by Crippen LogP contribution is 2.29. The maximum atomic E-state index is 12.9. The van der Waals surface area contributed by atoms with Gasteiger partial charge in [-0.25, -0.2) is 0 Å². The highest BCUT2D eigenvalue weighted by molar-refractivity contribution is 5.78. The minimum atomic E-state index is 0.0896. The van der Waals surface area contributed by atoms with Crippen LogP contribution in [0.15, 0.2) is 60.7 Å². The van der Waals surface area contributed by atoms with E-state index in [2.05, 4.69) is 30.3 Å². The monoisotopic (exact) mass is 332 g/mol. The summed E-state index contributed by atoms with van der Waals surface area (Å²) in [6.45, 7) is 1.56. The van der Waals surface area contributed by atoms with Crippen LogP contribution in [-0.4, -0.2) is 23.9 Å². The van der Waals surface area contributed by atoms with Gasteiger partial charge in [0.1, 0.15) is 0 Å². The first-order chi connectivity index (χ1) is 12.3. The number of hydrogen-bond acceptors (Lipinski definition) is 2. The fourth-order valence-electron chi connectivity index (χ4n) is 3.62. The zero-order valence-corrected chi connectivity index (χ0v) is 14.5. The van der Waals surface area contributed by atoms with Crippen LogP contribution in [0.1, 0.15) is 42.7 Å². The van der Waals surface area contributed by atoms with Crippen molar-refractivity contribution in [1.82, 2.24) is 4.90 Å². The number of hydrogen-bond donors (Lipinski definition) is 0. The minimum absolute atomic E-state index is 0.0896. The van der Waals surface area contributed by atoms with Crippen LogP contribution in [0.3, 0.4) is 0 Å². The van der Waals surface area contributed by atoms with Crippen molar-refractivity contribution in [1.29, 1.82) is 5.26 Å². The van der Waals surface area contributed by atoms with Gasteiger partial charge in [-0.05, 0) is 29.9 Å². The van der Waals surface area contributed by atoms with Gasteiger partial charge in [-0.3, -0.25) is 4.79 Å². The summed E-state index contributed by atoms with van der Waals surface area (Å²) in [4.78, 5) is 14.9. The smallest absolute Gasteiger partial charge is 0.223 e. The molecule has 2 aromatic carbocycles. The number of amides is 1. The predicted octanol–water partition coefficient (Wildman–Crippen LogP) is 4.36. The molecule has 0 N–H and O–H groups in total. The van der Waals surface area contributed by atoms with Gasteiger partial charge in [0.05, 0.1) is 6.07 Å². The topological polar surface area (TPSA) is 44.1 Å². The second-order valence-corrected chi connectivity index (χ2v) is 6.76. The lowest BCUT2D eigenvalue weighted by Gasteiger charge is -2.32. The van der Waals surface area contributed by atoms with Crippen molar-refractivity contribution >= 4 is 5.91 Å². The molecule has 0 spiro atoms. The molecule has 0 aromatic heterocycles. The fourth-order valence-corrected chi connectivity index (χ4v) is 3.62. The Kier molecular flexibility index (Phi) is 5.85. The van der Waals surface area contributed by atoms with Crippen LogP contribution in [0.25, 0.3) is 0 Å². The number of nitrogens with zero attached hydrogens (tertiary/aromatic N) is 2. The van der Waals surface area contributed by atoms with Crippen molar-refractivity contribution in [2.75, 3.05) is 13.1 Å². The third kappa shape index (κ3) is 4.48. The summed E-state index contributed by atoms with van der Waals surface area (Å²) >= 11 is 0. The number of carbonyl (C=O) groups excluding carboxylic acids is 1. The normalized spacial score (nSPS) is 15.1. The predicted molar refractivity (Wildman–Crippen MR) is 98.9 cm³/mol. The van der Waals surface area contributed by atoms with Crippen molar-refractivity contribution in [3.8, 4) is 6.07 Å². The summed E-state index contributed by atoms with van der Waals surface area (Å²) in [6, 6.07) is 22.8. The molecular weight excluding hydrogens is 308 g/mol. The lowest BCUT2D eigenvalue weighted by atomic mass is 9.87. The molecule has 3 nitrogen and oxygen atoms in total. The van der Waals surface area contributed by atoms with Crippen LogP contribution in [0.4, 0.5) is 0 Å². The third-order valence-corrected chi connectivity index (χ3v) is 5.13. The molecule has 1 heterocycles. The second kappa shape index (κ2) is 8.48. The van der Waals surface area contributed by atoms with Crippen LogP contribution < -0.4 is 0 Å². The maximum Gasteiger partial charge on any atom is 0.223 e. The summed E-state index contributed by atoms with van der Waals surface area (Å²) < 4.78 is 0. The van der Waals surface area contributed by atoms with Gasteiger partial charge in [0.15, 0.2) is 0 Å².